The van der Waals surface area contributed by atoms with Crippen molar-refractivity contribution in [1.82, 2.24) is 10.2 Å². The zero-order valence-electron chi connectivity index (χ0n) is 19.5. The van der Waals surface area contributed by atoms with E-state index >= 15 is 0 Å². The molecule has 3 rings (SSSR count). The molecule has 1 aliphatic heterocycles. The van der Waals surface area contributed by atoms with Crippen LogP contribution in [0.2, 0.25) is 0 Å². The lowest BCUT2D eigenvalue weighted by molar-refractivity contribution is -0.125. The van der Waals surface area contributed by atoms with Gasteiger partial charge in [0.15, 0.2) is 23.9 Å². The van der Waals surface area contributed by atoms with E-state index in [1.165, 1.54) is 24.8 Å². The van der Waals surface area contributed by atoms with Crippen LogP contribution in [0.15, 0.2) is 47.6 Å². The Labute approximate surface area is 195 Å². The Morgan fingerprint density at radius 2 is 1.82 bits per heavy atom. The number of rotatable bonds is 11. The highest BCUT2D eigenvalue weighted by atomic mass is 16.6. The Morgan fingerprint density at radius 3 is 2.58 bits per heavy atom. The lowest BCUT2D eigenvalue weighted by Crippen LogP contribution is -2.29. The van der Waals surface area contributed by atoms with Crippen LogP contribution >= 0.6 is 0 Å². The lowest BCUT2D eigenvalue weighted by atomic mass is 10.1. The molecule has 33 heavy (non-hydrogen) atoms. The van der Waals surface area contributed by atoms with Crippen molar-refractivity contribution < 1.29 is 19.1 Å². The van der Waals surface area contributed by atoms with E-state index in [1.54, 1.807) is 14.2 Å². The monoisotopic (exact) mass is 454 g/mol. The maximum atomic E-state index is 12.1. The molecule has 0 saturated carbocycles. The second-order valence-corrected chi connectivity index (χ2v) is 8.08. The van der Waals surface area contributed by atoms with Crippen molar-refractivity contribution >= 4 is 11.7 Å². The van der Waals surface area contributed by atoms with Gasteiger partial charge < -0.3 is 25.4 Å². The fourth-order valence-corrected chi connectivity index (χ4v) is 3.85. The Kier molecular flexibility index (Phi) is 9.38. The Hall–Kier alpha value is -3.26. The van der Waals surface area contributed by atoms with E-state index in [9.17, 15) is 4.79 Å². The SMILES string of the molecule is COc1ccc(CCNC(=O)CO/N=C(/N)c2cccc(CN3CCCCC3)c2)cc1OC. The summed E-state index contributed by atoms with van der Waals surface area (Å²) in [7, 11) is 3.19. The number of amidine groups is 1. The number of carbonyl (C=O) groups is 1. The molecule has 1 saturated heterocycles. The number of hydrogen-bond donors (Lipinski definition) is 2. The second-order valence-electron chi connectivity index (χ2n) is 8.08. The smallest absolute Gasteiger partial charge is 0.260 e. The largest absolute Gasteiger partial charge is 0.493 e. The van der Waals surface area contributed by atoms with Crippen molar-refractivity contribution in [2.45, 2.75) is 32.2 Å². The molecule has 8 heteroatoms. The van der Waals surface area contributed by atoms with Crippen molar-refractivity contribution in [3.05, 3.63) is 59.2 Å². The van der Waals surface area contributed by atoms with Gasteiger partial charge in [0.05, 0.1) is 14.2 Å². The minimum absolute atomic E-state index is 0.194. The highest BCUT2D eigenvalue weighted by Crippen LogP contribution is 2.27. The van der Waals surface area contributed by atoms with Crippen LogP contribution in [0.25, 0.3) is 0 Å². The van der Waals surface area contributed by atoms with E-state index < -0.39 is 0 Å². The Morgan fingerprint density at radius 1 is 1.03 bits per heavy atom. The molecule has 2 aromatic carbocycles. The molecule has 0 spiro atoms. The van der Waals surface area contributed by atoms with E-state index in [1.807, 2.05) is 36.4 Å². The lowest BCUT2D eigenvalue weighted by Gasteiger charge is -2.26. The first-order chi connectivity index (χ1) is 16.1. The van der Waals surface area contributed by atoms with Gasteiger partial charge in [0.2, 0.25) is 0 Å². The van der Waals surface area contributed by atoms with Crippen LogP contribution in [0.4, 0.5) is 0 Å². The summed E-state index contributed by atoms with van der Waals surface area (Å²) in [5.74, 6) is 1.33. The summed E-state index contributed by atoms with van der Waals surface area (Å²) < 4.78 is 10.5. The molecule has 3 N–H and O–H groups in total. The van der Waals surface area contributed by atoms with Gasteiger partial charge in [-0.25, -0.2) is 0 Å². The summed E-state index contributed by atoms with van der Waals surface area (Å²) in [5.41, 5.74) is 9.08. The molecule has 1 heterocycles. The average molecular weight is 455 g/mol. The van der Waals surface area contributed by atoms with Gasteiger partial charge in [0.1, 0.15) is 0 Å². The summed E-state index contributed by atoms with van der Waals surface area (Å²) in [6.07, 6.45) is 4.49. The van der Waals surface area contributed by atoms with Crippen LogP contribution in [-0.4, -0.2) is 57.1 Å². The van der Waals surface area contributed by atoms with Gasteiger partial charge in [-0.05, 0) is 61.7 Å². The molecular formula is C25H34N4O4. The predicted octanol–water partition coefficient (Wildman–Crippen LogP) is 2.69. The van der Waals surface area contributed by atoms with Gasteiger partial charge in [-0.1, -0.05) is 35.8 Å². The molecule has 1 aliphatic rings. The first-order valence-electron chi connectivity index (χ1n) is 11.3. The third kappa shape index (κ3) is 7.68. The number of amides is 1. The fraction of sp³-hybridized carbons (Fsp3) is 0.440. The van der Waals surface area contributed by atoms with Gasteiger partial charge >= 0.3 is 0 Å². The molecule has 0 aromatic heterocycles. The minimum Gasteiger partial charge on any atom is -0.493 e. The number of nitrogens with one attached hydrogen (secondary N) is 1. The number of piperidine rings is 1. The number of nitrogens with two attached hydrogens (primary N) is 1. The Balaban J connectivity index is 1.42. The van der Waals surface area contributed by atoms with E-state index in [0.717, 1.165) is 30.8 Å². The third-order valence-electron chi connectivity index (χ3n) is 5.62. The number of likely N-dealkylation sites (tertiary alicyclic amines) is 1. The number of carbonyl (C=O) groups excluding carboxylic acids is 1. The van der Waals surface area contributed by atoms with Crippen molar-refractivity contribution in [1.29, 1.82) is 0 Å². The molecule has 1 fully saturated rings. The van der Waals surface area contributed by atoms with Crippen LogP contribution in [0.5, 0.6) is 11.5 Å². The highest BCUT2D eigenvalue weighted by molar-refractivity contribution is 5.97. The molecule has 0 aliphatic carbocycles. The molecule has 8 nitrogen and oxygen atoms in total. The van der Waals surface area contributed by atoms with Gasteiger partial charge in [0, 0.05) is 18.7 Å². The second kappa shape index (κ2) is 12.7. The van der Waals surface area contributed by atoms with E-state index in [-0.39, 0.29) is 18.3 Å². The number of methoxy groups -OCH3 is 2. The predicted molar refractivity (Wildman–Crippen MR) is 129 cm³/mol. The van der Waals surface area contributed by atoms with Gasteiger partial charge in [-0.3, -0.25) is 9.69 Å². The standard InChI is InChI=1S/C25H34N4O4/c1-31-22-10-9-19(16-23(22)32-2)11-12-27-24(30)18-33-28-25(26)21-8-6-7-20(15-21)17-29-13-4-3-5-14-29/h6-10,15-16H,3-5,11-14,17-18H2,1-2H3,(H2,26,28)(H,27,30). The van der Waals surface area contributed by atoms with Crippen LogP contribution in [0.1, 0.15) is 36.0 Å². The number of nitrogens with zero attached hydrogens (tertiary/aromatic N) is 2. The topological polar surface area (TPSA) is 98.4 Å². The fourth-order valence-electron chi connectivity index (χ4n) is 3.85. The normalized spacial score (nSPS) is 14.5. The average Bonchev–Trinajstić information content (AvgIpc) is 2.84. The molecule has 0 unspecified atom stereocenters. The first-order valence-corrected chi connectivity index (χ1v) is 11.3. The number of oxime groups is 1. The molecule has 2 aromatic rings. The minimum atomic E-state index is -0.258. The van der Waals surface area contributed by atoms with Gasteiger partial charge in [-0.2, -0.15) is 0 Å². The number of ether oxygens (including phenoxy) is 2. The zero-order chi connectivity index (χ0) is 23.5. The maximum absolute atomic E-state index is 12.1. The van der Waals surface area contributed by atoms with Gasteiger partial charge in [-0.15, -0.1) is 0 Å². The van der Waals surface area contributed by atoms with Crippen molar-refractivity contribution in [3.63, 3.8) is 0 Å². The Bertz CT molecular complexity index is 942. The van der Waals surface area contributed by atoms with Crippen molar-refractivity contribution in [3.8, 4) is 11.5 Å². The molecule has 0 atom stereocenters. The maximum Gasteiger partial charge on any atom is 0.260 e. The number of hydrogen-bond acceptors (Lipinski definition) is 6. The van der Waals surface area contributed by atoms with Gasteiger partial charge in [0.25, 0.3) is 5.91 Å². The molecule has 0 radical (unpaired) electrons. The molecule has 1 amide bonds. The van der Waals surface area contributed by atoms with Crippen LogP contribution in [0, 0.1) is 0 Å². The van der Waals surface area contributed by atoms with Crippen molar-refractivity contribution in [2.75, 3.05) is 40.5 Å². The summed E-state index contributed by atoms with van der Waals surface area (Å²) in [5, 5.41) is 6.73. The third-order valence-corrected chi connectivity index (χ3v) is 5.62. The van der Waals surface area contributed by atoms with Crippen molar-refractivity contribution in [2.24, 2.45) is 10.9 Å². The number of benzene rings is 2. The summed E-state index contributed by atoms with van der Waals surface area (Å²) in [4.78, 5) is 19.7. The van der Waals surface area contributed by atoms with Crippen LogP contribution < -0.4 is 20.5 Å². The summed E-state index contributed by atoms with van der Waals surface area (Å²) >= 11 is 0. The summed E-state index contributed by atoms with van der Waals surface area (Å²) in [6, 6.07) is 13.7. The quantitative estimate of drug-likeness (QED) is 0.308. The van der Waals surface area contributed by atoms with E-state index in [2.05, 4.69) is 21.4 Å². The van der Waals surface area contributed by atoms with E-state index in [4.69, 9.17) is 20.0 Å². The molecule has 0 bridgehead atoms. The first kappa shape index (κ1) is 24.4. The molecule has 178 valence electrons. The van der Waals surface area contributed by atoms with Crippen LogP contribution in [0.3, 0.4) is 0 Å². The molecular weight excluding hydrogens is 420 g/mol. The highest BCUT2D eigenvalue weighted by Gasteiger charge is 2.11. The summed E-state index contributed by atoms with van der Waals surface area (Å²) in [6.45, 7) is 3.45. The zero-order valence-corrected chi connectivity index (χ0v) is 19.5. The van der Waals surface area contributed by atoms with Crippen LogP contribution in [-0.2, 0) is 22.6 Å². The van der Waals surface area contributed by atoms with E-state index in [0.29, 0.717) is 24.5 Å².